The molecule has 20 heavy (non-hydrogen) atoms. The summed E-state index contributed by atoms with van der Waals surface area (Å²) < 4.78 is 15.8. The fraction of sp³-hybridized carbons (Fsp3) is 0.400. The maximum absolute atomic E-state index is 13.5. The number of rotatable bonds is 2. The SMILES string of the molecule is Cc1csc(=Nc2ccc(Cl)c(F)c2)n1C1CCCC1. The topological polar surface area (TPSA) is 17.3 Å². The Morgan fingerprint density at radius 3 is 2.80 bits per heavy atom. The summed E-state index contributed by atoms with van der Waals surface area (Å²) in [7, 11) is 0. The summed E-state index contributed by atoms with van der Waals surface area (Å²) in [6, 6.07) is 5.23. The molecule has 2 nitrogen and oxygen atoms in total. The van der Waals surface area contributed by atoms with Crippen LogP contribution in [0.1, 0.15) is 37.4 Å². The van der Waals surface area contributed by atoms with E-state index in [1.807, 2.05) is 0 Å². The molecule has 0 saturated heterocycles. The summed E-state index contributed by atoms with van der Waals surface area (Å²) in [4.78, 5) is 5.53. The Labute approximate surface area is 126 Å². The molecule has 2 aromatic rings. The van der Waals surface area contributed by atoms with Gasteiger partial charge in [0.2, 0.25) is 0 Å². The van der Waals surface area contributed by atoms with Crippen LogP contribution in [0.25, 0.3) is 0 Å². The Hall–Kier alpha value is -1.13. The first-order valence-corrected chi connectivity index (χ1v) is 8.07. The summed E-state index contributed by atoms with van der Waals surface area (Å²) >= 11 is 7.31. The van der Waals surface area contributed by atoms with Crippen LogP contribution in [0.4, 0.5) is 10.1 Å². The van der Waals surface area contributed by atoms with E-state index in [1.165, 1.54) is 37.4 Å². The lowest BCUT2D eigenvalue weighted by molar-refractivity contribution is 0.496. The molecule has 5 heteroatoms. The van der Waals surface area contributed by atoms with Gasteiger partial charge < -0.3 is 4.57 Å². The minimum Gasteiger partial charge on any atom is -0.318 e. The summed E-state index contributed by atoms with van der Waals surface area (Å²) in [6.45, 7) is 2.11. The van der Waals surface area contributed by atoms with E-state index >= 15 is 0 Å². The highest BCUT2D eigenvalue weighted by atomic mass is 35.5. The lowest BCUT2D eigenvalue weighted by Crippen LogP contribution is -2.20. The Kier molecular flexibility index (Phi) is 3.94. The van der Waals surface area contributed by atoms with Crippen molar-refractivity contribution in [1.29, 1.82) is 0 Å². The van der Waals surface area contributed by atoms with E-state index in [-0.39, 0.29) is 5.02 Å². The predicted molar refractivity (Wildman–Crippen MR) is 81.2 cm³/mol. The molecule has 0 unspecified atom stereocenters. The standard InChI is InChI=1S/C15H16ClFN2S/c1-10-9-20-15(19(10)12-4-2-3-5-12)18-11-6-7-13(16)14(17)8-11/h6-9,12H,2-5H2,1H3. The highest BCUT2D eigenvalue weighted by molar-refractivity contribution is 7.07. The van der Waals surface area contributed by atoms with Crippen LogP contribution in [0.3, 0.4) is 0 Å². The van der Waals surface area contributed by atoms with Crippen molar-refractivity contribution in [3.05, 3.63) is 44.9 Å². The van der Waals surface area contributed by atoms with E-state index in [2.05, 4.69) is 21.9 Å². The smallest absolute Gasteiger partial charge is 0.190 e. The maximum atomic E-state index is 13.5. The molecule has 1 aliphatic rings. The average Bonchev–Trinajstić information content (AvgIpc) is 3.04. The molecule has 1 saturated carbocycles. The van der Waals surface area contributed by atoms with Crippen LogP contribution < -0.4 is 4.80 Å². The van der Waals surface area contributed by atoms with Gasteiger partial charge in [0.1, 0.15) is 5.82 Å². The molecule has 0 atom stereocenters. The summed E-state index contributed by atoms with van der Waals surface area (Å²) in [5, 5.41) is 2.25. The quantitative estimate of drug-likeness (QED) is 0.743. The van der Waals surface area contributed by atoms with Gasteiger partial charge in [-0.15, -0.1) is 11.3 Å². The van der Waals surface area contributed by atoms with Crippen molar-refractivity contribution in [1.82, 2.24) is 4.57 Å². The molecule has 0 radical (unpaired) electrons. The summed E-state index contributed by atoms with van der Waals surface area (Å²) in [6.07, 6.45) is 4.98. The third kappa shape index (κ3) is 2.67. The number of benzene rings is 1. The number of aromatic nitrogens is 1. The van der Waals surface area contributed by atoms with Crippen LogP contribution in [-0.2, 0) is 0 Å². The van der Waals surface area contributed by atoms with E-state index in [0.29, 0.717) is 11.7 Å². The minimum absolute atomic E-state index is 0.134. The fourth-order valence-corrected chi connectivity index (χ4v) is 3.83. The largest absolute Gasteiger partial charge is 0.318 e. The second-order valence-corrected chi connectivity index (χ2v) is 6.42. The van der Waals surface area contributed by atoms with Gasteiger partial charge in [-0.2, -0.15) is 0 Å². The molecular formula is C15H16ClFN2S. The van der Waals surface area contributed by atoms with Crippen LogP contribution in [0, 0.1) is 12.7 Å². The minimum atomic E-state index is -0.423. The Morgan fingerprint density at radius 1 is 1.35 bits per heavy atom. The van der Waals surface area contributed by atoms with E-state index in [4.69, 9.17) is 11.6 Å². The van der Waals surface area contributed by atoms with Crippen molar-refractivity contribution in [2.75, 3.05) is 0 Å². The number of nitrogens with zero attached hydrogens (tertiary/aromatic N) is 2. The lowest BCUT2D eigenvalue weighted by atomic mass is 10.2. The van der Waals surface area contributed by atoms with Crippen molar-refractivity contribution in [2.24, 2.45) is 4.99 Å². The van der Waals surface area contributed by atoms with Crippen LogP contribution in [0.5, 0.6) is 0 Å². The van der Waals surface area contributed by atoms with Gasteiger partial charge in [-0.25, -0.2) is 9.38 Å². The van der Waals surface area contributed by atoms with Crippen molar-refractivity contribution in [2.45, 2.75) is 38.6 Å². The average molecular weight is 311 g/mol. The highest BCUT2D eigenvalue weighted by Gasteiger charge is 2.19. The number of hydrogen-bond donors (Lipinski definition) is 0. The highest BCUT2D eigenvalue weighted by Crippen LogP contribution is 2.30. The van der Waals surface area contributed by atoms with Crippen molar-refractivity contribution in [3.8, 4) is 0 Å². The Morgan fingerprint density at radius 2 is 2.10 bits per heavy atom. The van der Waals surface area contributed by atoms with Gasteiger partial charge in [0, 0.05) is 23.2 Å². The van der Waals surface area contributed by atoms with Gasteiger partial charge in [0.25, 0.3) is 0 Å². The van der Waals surface area contributed by atoms with Gasteiger partial charge in [0.15, 0.2) is 4.80 Å². The van der Waals surface area contributed by atoms with Crippen LogP contribution in [0.2, 0.25) is 5.02 Å². The lowest BCUT2D eigenvalue weighted by Gasteiger charge is -2.13. The predicted octanol–water partition coefficient (Wildman–Crippen LogP) is 5.00. The van der Waals surface area contributed by atoms with Crippen LogP contribution in [-0.4, -0.2) is 4.57 Å². The first-order valence-electron chi connectivity index (χ1n) is 6.81. The van der Waals surface area contributed by atoms with E-state index in [0.717, 1.165) is 4.80 Å². The second kappa shape index (κ2) is 5.70. The monoisotopic (exact) mass is 310 g/mol. The molecule has 0 amide bonds. The van der Waals surface area contributed by atoms with E-state index in [1.54, 1.807) is 23.5 Å². The molecule has 0 spiro atoms. The molecular weight excluding hydrogens is 295 g/mol. The van der Waals surface area contributed by atoms with Crippen LogP contribution >= 0.6 is 22.9 Å². The molecule has 0 aliphatic heterocycles. The second-order valence-electron chi connectivity index (χ2n) is 5.18. The summed E-state index contributed by atoms with van der Waals surface area (Å²) in [5.74, 6) is -0.423. The summed E-state index contributed by atoms with van der Waals surface area (Å²) in [5.41, 5.74) is 1.84. The van der Waals surface area contributed by atoms with Gasteiger partial charge >= 0.3 is 0 Å². The maximum Gasteiger partial charge on any atom is 0.190 e. The molecule has 0 bridgehead atoms. The van der Waals surface area contributed by atoms with Crippen molar-refractivity contribution in [3.63, 3.8) is 0 Å². The number of halogens is 2. The third-order valence-corrected chi connectivity index (χ3v) is 5.00. The fourth-order valence-electron chi connectivity index (χ4n) is 2.75. The van der Waals surface area contributed by atoms with E-state index in [9.17, 15) is 4.39 Å². The molecule has 1 heterocycles. The van der Waals surface area contributed by atoms with E-state index < -0.39 is 5.82 Å². The first kappa shape index (κ1) is 13.8. The zero-order valence-electron chi connectivity index (χ0n) is 11.3. The molecule has 106 valence electrons. The third-order valence-electron chi connectivity index (χ3n) is 3.74. The first-order chi connectivity index (χ1) is 9.65. The van der Waals surface area contributed by atoms with Crippen molar-refractivity contribution < 1.29 is 4.39 Å². The zero-order chi connectivity index (χ0) is 14.1. The van der Waals surface area contributed by atoms with Gasteiger partial charge in [-0.1, -0.05) is 24.4 Å². The zero-order valence-corrected chi connectivity index (χ0v) is 12.8. The molecule has 1 aliphatic carbocycles. The molecule has 1 aromatic heterocycles. The normalized spacial score (nSPS) is 17.1. The van der Waals surface area contributed by atoms with Gasteiger partial charge in [-0.3, -0.25) is 0 Å². The number of hydrogen-bond acceptors (Lipinski definition) is 2. The van der Waals surface area contributed by atoms with Crippen molar-refractivity contribution >= 4 is 28.6 Å². The Bertz CT molecular complexity index is 683. The van der Waals surface area contributed by atoms with Crippen LogP contribution in [0.15, 0.2) is 28.6 Å². The van der Waals surface area contributed by atoms with Gasteiger partial charge in [-0.05, 0) is 31.9 Å². The molecule has 3 rings (SSSR count). The number of aryl methyl sites for hydroxylation is 1. The molecule has 1 fully saturated rings. The Balaban J connectivity index is 2.05. The number of thiazole rings is 1. The molecule has 0 N–H and O–H groups in total. The van der Waals surface area contributed by atoms with Gasteiger partial charge in [0.05, 0.1) is 10.7 Å². The molecule has 1 aromatic carbocycles.